The molecule has 106 valence electrons. The van der Waals surface area contributed by atoms with Crippen molar-refractivity contribution in [2.75, 3.05) is 5.32 Å². The average Bonchev–Trinajstić information content (AvgIpc) is 2.38. The third-order valence-corrected chi connectivity index (χ3v) is 3.95. The highest BCUT2D eigenvalue weighted by Gasteiger charge is 2.20. The minimum absolute atomic E-state index is 0.458. The molecule has 0 fully saturated rings. The van der Waals surface area contributed by atoms with Gasteiger partial charge < -0.3 is 10.2 Å². The Morgan fingerprint density at radius 1 is 1.21 bits per heavy atom. The second kappa shape index (κ2) is 7.49. The number of thiocarbonyl (C=S) groups is 1. The summed E-state index contributed by atoms with van der Waals surface area (Å²) in [5.74, 6) is 0. The number of anilines is 1. The van der Waals surface area contributed by atoms with Crippen molar-refractivity contribution in [3.63, 3.8) is 0 Å². The van der Waals surface area contributed by atoms with E-state index >= 15 is 0 Å². The van der Waals surface area contributed by atoms with Crippen molar-refractivity contribution in [1.29, 1.82) is 0 Å². The van der Waals surface area contributed by atoms with Gasteiger partial charge in [-0.2, -0.15) is 0 Å². The Labute approximate surface area is 123 Å². The SMILES string of the molecule is CCC(C)N(C(=S)Nc1cccc(C)c1)C(C)CC. The molecule has 3 heteroatoms. The van der Waals surface area contributed by atoms with Gasteiger partial charge in [-0.15, -0.1) is 0 Å². The zero-order valence-electron chi connectivity index (χ0n) is 12.7. The van der Waals surface area contributed by atoms with Crippen molar-refractivity contribution in [3.8, 4) is 0 Å². The fraction of sp³-hybridized carbons (Fsp3) is 0.562. The zero-order chi connectivity index (χ0) is 14.4. The second-order valence-electron chi connectivity index (χ2n) is 5.22. The number of rotatable bonds is 5. The minimum Gasteiger partial charge on any atom is -0.344 e. The summed E-state index contributed by atoms with van der Waals surface area (Å²) in [6.07, 6.45) is 2.19. The predicted octanol–water partition coefficient (Wildman–Crippen LogP) is 4.59. The van der Waals surface area contributed by atoms with E-state index < -0.39 is 0 Å². The van der Waals surface area contributed by atoms with Crippen LogP contribution in [0, 0.1) is 6.92 Å². The topological polar surface area (TPSA) is 15.3 Å². The van der Waals surface area contributed by atoms with E-state index in [4.69, 9.17) is 12.2 Å². The summed E-state index contributed by atoms with van der Waals surface area (Å²) in [5, 5.41) is 4.20. The lowest BCUT2D eigenvalue weighted by Crippen LogP contribution is -2.46. The Kier molecular flexibility index (Phi) is 6.29. The molecule has 0 aliphatic carbocycles. The maximum absolute atomic E-state index is 5.60. The van der Waals surface area contributed by atoms with E-state index in [0.29, 0.717) is 12.1 Å². The molecule has 0 bridgehead atoms. The molecule has 1 aromatic rings. The van der Waals surface area contributed by atoms with Gasteiger partial charge in [0.25, 0.3) is 0 Å². The molecule has 0 aromatic heterocycles. The van der Waals surface area contributed by atoms with Crippen LogP contribution in [0.4, 0.5) is 5.69 Å². The first-order valence-electron chi connectivity index (χ1n) is 7.15. The van der Waals surface area contributed by atoms with Crippen LogP contribution in [0.1, 0.15) is 46.1 Å². The minimum atomic E-state index is 0.458. The number of hydrogen-bond donors (Lipinski definition) is 1. The van der Waals surface area contributed by atoms with Gasteiger partial charge in [-0.05, 0) is 63.5 Å². The highest BCUT2D eigenvalue weighted by atomic mass is 32.1. The molecule has 0 radical (unpaired) electrons. The van der Waals surface area contributed by atoms with Crippen LogP contribution in [-0.4, -0.2) is 22.1 Å². The van der Waals surface area contributed by atoms with Gasteiger partial charge in [-0.1, -0.05) is 26.0 Å². The van der Waals surface area contributed by atoms with Gasteiger partial charge in [-0.3, -0.25) is 0 Å². The molecule has 0 aliphatic rings. The Morgan fingerprint density at radius 2 is 1.79 bits per heavy atom. The molecule has 0 aliphatic heterocycles. The normalized spacial score (nSPS) is 13.7. The van der Waals surface area contributed by atoms with Crippen LogP contribution in [0.3, 0.4) is 0 Å². The molecular weight excluding hydrogens is 252 g/mol. The average molecular weight is 278 g/mol. The van der Waals surface area contributed by atoms with Gasteiger partial charge in [-0.25, -0.2) is 0 Å². The van der Waals surface area contributed by atoms with E-state index in [9.17, 15) is 0 Å². The van der Waals surface area contributed by atoms with E-state index in [1.165, 1.54) is 5.56 Å². The Morgan fingerprint density at radius 3 is 2.26 bits per heavy atom. The molecule has 0 spiro atoms. The number of nitrogens with one attached hydrogen (secondary N) is 1. The molecule has 1 N–H and O–H groups in total. The first-order chi connectivity index (χ1) is 8.99. The first-order valence-corrected chi connectivity index (χ1v) is 7.56. The van der Waals surface area contributed by atoms with Crippen molar-refractivity contribution in [1.82, 2.24) is 4.90 Å². The molecule has 2 unspecified atom stereocenters. The largest absolute Gasteiger partial charge is 0.344 e. The molecule has 0 heterocycles. The summed E-state index contributed by atoms with van der Waals surface area (Å²) in [6.45, 7) is 11.0. The summed E-state index contributed by atoms with van der Waals surface area (Å²) in [5.41, 5.74) is 2.31. The van der Waals surface area contributed by atoms with Crippen molar-refractivity contribution in [2.24, 2.45) is 0 Å². The number of aryl methyl sites for hydroxylation is 1. The van der Waals surface area contributed by atoms with Crippen LogP contribution in [0.5, 0.6) is 0 Å². The molecule has 2 atom stereocenters. The Bertz CT molecular complexity index is 407. The molecular formula is C16H26N2S. The Hall–Kier alpha value is -1.09. The smallest absolute Gasteiger partial charge is 0.173 e. The van der Waals surface area contributed by atoms with E-state index in [2.05, 4.69) is 69.1 Å². The van der Waals surface area contributed by atoms with Crippen LogP contribution < -0.4 is 5.32 Å². The zero-order valence-corrected chi connectivity index (χ0v) is 13.6. The van der Waals surface area contributed by atoms with Crippen molar-refractivity contribution < 1.29 is 0 Å². The lowest BCUT2D eigenvalue weighted by Gasteiger charge is -2.36. The second-order valence-corrected chi connectivity index (χ2v) is 5.61. The summed E-state index contributed by atoms with van der Waals surface area (Å²) in [7, 11) is 0. The fourth-order valence-electron chi connectivity index (χ4n) is 2.14. The molecule has 2 nitrogen and oxygen atoms in total. The molecule has 0 amide bonds. The summed E-state index contributed by atoms with van der Waals surface area (Å²) in [6, 6.07) is 9.24. The van der Waals surface area contributed by atoms with E-state index in [0.717, 1.165) is 23.6 Å². The summed E-state index contributed by atoms with van der Waals surface area (Å²) >= 11 is 5.60. The maximum Gasteiger partial charge on any atom is 0.173 e. The highest BCUT2D eigenvalue weighted by Crippen LogP contribution is 2.16. The lowest BCUT2D eigenvalue weighted by molar-refractivity contribution is 0.254. The molecule has 19 heavy (non-hydrogen) atoms. The maximum atomic E-state index is 5.60. The van der Waals surface area contributed by atoms with Crippen LogP contribution in [-0.2, 0) is 0 Å². The molecule has 0 saturated heterocycles. The highest BCUT2D eigenvalue weighted by molar-refractivity contribution is 7.80. The number of benzene rings is 1. The van der Waals surface area contributed by atoms with Gasteiger partial charge in [0.05, 0.1) is 0 Å². The van der Waals surface area contributed by atoms with Crippen molar-refractivity contribution in [3.05, 3.63) is 29.8 Å². The quantitative estimate of drug-likeness (QED) is 0.793. The third kappa shape index (κ3) is 4.50. The van der Waals surface area contributed by atoms with Gasteiger partial charge in [0.2, 0.25) is 0 Å². The van der Waals surface area contributed by atoms with Crippen LogP contribution >= 0.6 is 12.2 Å². The number of nitrogens with zero attached hydrogens (tertiary/aromatic N) is 1. The lowest BCUT2D eigenvalue weighted by atomic mass is 10.1. The van der Waals surface area contributed by atoms with E-state index in [1.807, 2.05) is 0 Å². The monoisotopic (exact) mass is 278 g/mol. The van der Waals surface area contributed by atoms with Crippen LogP contribution in [0.15, 0.2) is 24.3 Å². The van der Waals surface area contributed by atoms with Gasteiger partial charge >= 0.3 is 0 Å². The Balaban J connectivity index is 2.82. The fourth-order valence-corrected chi connectivity index (χ4v) is 2.62. The molecule has 1 aromatic carbocycles. The predicted molar refractivity (Wildman–Crippen MR) is 88.7 cm³/mol. The van der Waals surface area contributed by atoms with Gasteiger partial charge in [0.1, 0.15) is 0 Å². The first kappa shape index (κ1) is 16.0. The van der Waals surface area contributed by atoms with Crippen molar-refractivity contribution in [2.45, 2.75) is 59.5 Å². The van der Waals surface area contributed by atoms with Crippen LogP contribution in [0.2, 0.25) is 0 Å². The number of hydrogen-bond acceptors (Lipinski definition) is 1. The summed E-state index contributed by atoms with van der Waals surface area (Å²) < 4.78 is 0. The summed E-state index contributed by atoms with van der Waals surface area (Å²) in [4.78, 5) is 2.32. The standard InChI is InChI=1S/C16H26N2S/c1-6-13(4)18(14(5)7-2)16(19)17-15-10-8-9-12(3)11-15/h8-11,13-14H,6-7H2,1-5H3,(H,17,19). The van der Waals surface area contributed by atoms with E-state index in [1.54, 1.807) is 0 Å². The molecule has 1 rings (SSSR count). The van der Waals surface area contributed by atoms with Crippen molar-refractivity contribution >= 4 is 23.0 Å². The van der Waals surface area contributed by atoms with E-state index in [-0.39, 0.29) is 0 Å². The molecule has 0 saturated carbocycles. The third-order valence-electron chi connectivity index (χ3n) is 3.64. The van der Waals surface area contributed by atoms with Crippen LogP contribution in [0.25, 0.3) is 0 Å². The van der Waals surface area contributed by atoms with Gasteiger partial charge in [0.15, 0.2) is 5.11 Å². The van der Waals surface area contributed by atoms with Gasteiger partial charge in [0, 0.05) is 17.8 Å².